The Morgan fingerprint density at radius 3 is 2.00 bits per heavy atom. The summed E-state index contributed by atoms with van der Waals surface area (Å²) in [5, 5.41) is 0. The van der Waals surface area contributed by atoms with Crippen LogP contribution in [0, 0.1) is 0 Å². The van der Waals surface area contributed by atoms with E-state index >= 15 is 0 Å². The van der Waals surface area contributed by atoms with E-state index < -0.39 is 0 Å². The molecule has 2 heteroatoms. The molecule has 0 aromatic heterocycles. The van der Waals surface area contributed by atoms with Gasteiger partial charge in [0.25, 0.3) is 0 Å². The molecule has 3 aromatic carbocycles. The van der Waals surface area contributed by atoms with Crippen molar-refractivity contribution < 1.29 is 9.53 Å². The van der Waals surface area contributed by atoms with Crippen LogP contribution in [0.25, 0.3) is 6.08 Å². The summed E-state index contributed by atoms with van der Waals surface area (Å²) in [4.78, 5) is 12.7. The van der Waals surface area contributed by atoms with Gasteiger partial charge in [0, 0.05) is 11.1 Å². The molecule has 0 saturated carbocycles. The topological polar surface area (TPSA) is 26.3 Å². The van der Waals surface area contributed by atoms with E-state index in [1.807, 2.05) is 48.5 Å². The highest BCUT2D eigenvalue weighted by molar-refractivity contribution is 5.90. The van der Waals surface area contributed by atoms with Crippen LogP contribution in [-0.2, 0) is 11.2 Å². The second-order valence-corrected chi connectivity index (χ2v) is 6.19. The number of ether oxygens (including phenoxy) is 1. The molecule has 3 aromatic rings. The molecule has 122 valence electrons. The quantitative estimate of drug-likeness (QED) is 0.620. The predicted octanol–water partition coefficient (Wildman–Crippen LogP) is 5.18. The van der Waals surface area contributed by atoms with Gasteiger partial charge in [-0.2, -0.15) is 0 Å². The van der Waals surface area contributed by atoms with Crippen molar-refractivity contribution in [2.45, 2.75) is 12.5 Å². The van der Waals surface area contributed by atoms with Crippen molar-refractivity contribution in [3.8, 4) is 0 Å². The van der Waals surface area contributed by atoms with Gasteiger partial charge >= 0.3 is 5.97 Å². The molecule has 0 fully saturated rings. The molecule has 0 atom stereocenters. The summed E-state index contributed by atoms with van der Waals surface area (Å²) in [6.45, 7) is 3.73. The highest BCUT2D eigenvalue weighted by Gasteiger charge is 2.28. The lowest BCUT2D eigenvalue weighted by Gasteiger charge is -2.28. The summed E-state index contributed by atoms with van der Waals surface area (Å²) >= 11 is 0. The monoisotopic (exact) mass is 326 g/mol. The number of rotatable bonds is 3. The number of carbonyl (C=O) groups excluding carboxylic acids is 1. The fourth-order valence-corrected chi connectivity index (χ4v) is 3.33. The van der Waals surface area contributed by atoms with E-state index in [0.717, 1.165) is 23.1 Å². The van der Waals surface area contributed by atoms with Crippen molar-refractivity contribution in [2.24, 2.45) is 0 Å². The van der Waals surface area contributed by atoms with Crippen molar-refractivity contribution in [3.63, 3.8) is 0 Å². The third-order valence-corrected chi connectivity index (χ3v) is 4.66. The van der Waals surface area contributed by atoms with E-state index in [0.29, 0.717) is 5.56 Å². The third kappa shape index (κ3) is 2.87. The fourth-order valence-electron chi connectivity index (χ4n) is 3.33. The molecule has 1 aliphatic carbocycles. The lowest BCUT2D eigenvalue weighted by atomic mass is 9.84. The first-order valence-electron chi connectivity index (χ1n) is 8.35. The van der Waals surface area contributed by atoms with E-state index in [9.17, 15) is 4.79 Å². The first-order chi connectivity index (χ1) is 12.3. The molecule has 0 N–H and O–H groups in total. The summed E-state index contributed by atoms with van der Waals surface area (Å²) < 4.78 is 5.94. The lowest BCUT2D eigenvalue weighted by molar-refractivity contribution is 0.0372. The molecule has 0 radical (unpaired) electrons. The number of hydrogen-bond donors (Lipinski definition) is 0. The van der Waals surface area contributed by atoms with Gasteiger partial charge in [0.15, 0.2) is 6.10 Å². The van der Waals surface area contributed by atoms with Crippen LogP contribution in [-0.4, -0.2) is 5.97 Å². The molecule has 0 amide bonds. The smallest absolute Gasteiger partial charge is 0.339 e. The molecule has 0 spiro atoms. The molecule has 2 nitrogen and oxygen atoms in total. The molecule has 0 heterocycles. The van der Waals surface area contributed by atoms with Crippen molar-refractivity contribution in [3.05, 3.63) is 113 Å². The van der Waals surface area contributed by atoms with E-state index in [1.165, 1.54) is 11.1 Å². The molecule has 0 bridgehead atoms. The van der Waals surface area contributed by atoms with Gasteiger partial charge in [0.1, 0.15) is 0 Å². The first-order valence-corrected chi connectivity index (χ1v) is 8.35. The maximum absolute atomic E-state index is 12.7. The maximum atomic E-state index is 12.7. The first kappa shape index (κ1) is 15.4. The lowest BCUT2D eigenvalue weighted by Crippen LogP contribution is -2.19. The normalized spacial score (nSPS) is 12.8. The van der Waals surface area contributed by atoms with Gasteiger partial charge in [-0.05, 0) is 35.2 Å². The van der Waals surface area contributed by atoms with Gasteiger partial charge in [-0.3, -0.25) is 0 Å². The largest absolute Gasteiger partial charge is 0.449 e. The summed E-state index contributed by atoms with van der Waals surface area (Å²) in [5.41, 5.74) is 6.08. The van der Waals surface area contributed by atoms with E-state index in [4.69, 9.17) is 4.74 Å². The summed E-state index contributed by atoms with van der Waals surface area (Å²) in [6.07, 6.45) is 2.25. The minimum absolute atomic E-state index is 0.313. The molecular formula is C23H18O2. The average Bonchev–Trinajstić information content (AvgIpc) is 2.67. The Bertz CT molecular complexity index is 893. The average molecular weight is 326 g/mol. The zero-order valence-corrected chi connectivity index (χ0v) is 13.8. The Morgan fingerprint density at radius 2 is 1.44 bits per heavy atom. The summed E-state index contributed by atoms with van der Waals surface area (Å²) in [7, 11) is 0. The van der Waals surface area contributed by atoms with E-state index in [-0.39, 0.29) is 12.1 Å². The minimum Gasteiger partial charge on any atom is -0.449 e. The van der Waals surface area contributed by atoms with Gasteiger partial charge in [-0.15, -0.1) is 0 Å². The number of hydrogen-bond acceptors (Lipinski definition) is 2. The van der Waals surface area contributed by atoms with Crippen molar-refractivity contribution in [1.82, 2.24) is 0 Å². The van der Waals surface area contributed by atoms with Crippen LogP contribution in [0.1, 0.15) is 44.3 Å². The van der Waals surface area contributed by atoms with Gasteiger partial charge in [-0.25, -0.2) is 4.79 Å². The van der Waals surface area contributed by atoms with Gasteiger partial charge in [-0.1, -0.05) is 73.3 Å². The van der Waals surface area contributed by atoms with Gasteiger partial charge in [0.2, 0.25) is 0 Å². The van der Waals surface area contributed by atoms with Gasteiger partial charge < -0.3 is 4.74 Å². The predicted molar refractivity (Wildman–Crippen MR) is 99.5 cm³/mol. The Labute approximate surface area is 147 Å². The molecule has 1 aliphatic rings. The Hall–Kier alpha value is -3.13. The Balaban J connectivity index is 1.69. The maximum Gasteiger partial charge on any atom is 0.339 e. The van der Waals surface area contributed by atoms with Crippen LogP contribution in [0.5, 0.6) is 0 Å². The van der Waals surface area contributed by atoms with Crippen LogP contribution in [0.3, 0.4) is 0 Å². The molecule has 0 unspecified atom stereocenters. The molecule has 0 saturated heterocycles. The molecule has 4 rings (SSSR count). The third-order valence-electron chi connectivity index (χ3n) is 4.66. The van der Waals surface area contributed by atoms with Crippen LogP contribution in [0.2, 0.25) is 0 Å². The number of esters is 1. The SMILES string of the molecule is C=Cc1ccc(C(=O)OC2c3ccccc3Cc3ccccc32)cc1. The zero-order chi connectivity index (χ0) is 17.2. The summed E-state index contributed by atoms with van der Waals surface area (Å²) in [5.74, 6) is -0.313. The molecular weight excluding hydrogens is 308 g/mol. The molecule has 25 heavy (non-hydrogen) atoms. The Kier molecular flexibility index (Phi) is 3.95. The van der Waals surface area contributed by atoms with Crippen molar-refractivity contribution in [1.29, 1.82) is 0 Å². The number of benzene rings is 3. The van der Waals surface area contributed by atoms with E-state index in [1.54, 1.807) is 18.2 Å². The highest BCUT2D eigenvalue weighted by Crippen LogP contribution is 2.37. The summed E-state index contributed by atoms with van der Waals surface area (Å²) in [6, 6.07) is 23.6. The minimum atomic E-state index is -0.368. The van der Waals surface area contributed by atoms with Crippen molar-refractivity contribution >= 4 is 12.0 Å². The van der Waals surface area contributed by atoms with Crippen molar-refractivity contribution in [2.75, 3.05) is 0 Å². The van der Waals surface area contributed by atoms with Gasteiger partial charge in [0.05, 0.1) is 5.56 Å². The highest BCUT2D eigenvalue weighted by atomic mass is 16.5. The van der Waals surface area contributed by atoms with E-state index in [2.05, 4.69) is 18.7 Å². The van der Waals surface area contributed by atoms with Crippen LogP contribution in [0.15, 0.2) is 79.4 Å². The standard InChI is InChI=1S/C23H18O2/c1-2-16-11-13-17(14-12-16)23(24)25-22-20-9-5-3-7-18(20)15-19-8-4-6-10-21(19)22/h2-14,22H,1,15H2. The zero-order valence-electron chi connectivity index (χ0n) is 13.8. The number of fused-ring (bicyclic) bond motifs is 2. The second kappa shape index (κ2) is 6.40. The molecule has 0 aliphatic heterocycles. The number of carbonyl (C=O) groups is 1. The fraction of sp³-hybridized carbons (Fsp3) is 0.0870. The van der Waals surface area contributed by atoms with Crippen LogP contribution in [0.4, 0.5) is 0 Å². The van der Waals surface area contributed by atoms with Crippen LogP contribution >= 0.6 is 0 Å². The van der Waals surface area contributed by atoms with Crippen LogP contribution < -0.4 is 0 Å². The second-order valence-electron chi connectivity index (χ2n) is 6.19. The Morgan fingerprint density at radius 1 is 0.880 bits per heavy atom.